The summed E-state index contributed by atoms with van der Waals surface area (Å²) in [4.78, 5) is 38.1. The maximum Gasteiger partial charge on any atom is 0.294 e. The Kier molecular flexibility index (Phi) is 5.74. The monoisotopic (exact) mass is 438 g/mol. The van der Waals surface area contributed by atoms with Gasteiger partial charge in [0, 0.05) is 22.3 Å². The number of halogens is 1. The SMILES string of the molecule is O=C(CN1C(=O)S/C(=C\c2ccc(-c3cccc(Cl)c3)o2)C1=O)Nc1ccccc1. The number of carbonyl (C=O) groups excluding carboxylic acids is 3. The second-order valence-electron chi connectivity index (χ2n) is 6.39. The zero-order valence-corrected chi connectivity index (χ0v) is 17.1. The van der Waals surface area contributed by atoms with Gasteiger partial charge in [0.1, 0.15) is 18.1 Å². The van der Waals surface area contributed by atoms with Crippen molar-refractivity contribution in [3.8, 4) is 11.3 Å². The zero-order valence-electron chi connectivity index (χ0n) is 15.5. The summed E-state index contributed by atoms with van der Waals surface area (Å²) in [5.74, 6) is 0.0225. The summed E-state index contributed by atoms with van der Waals surface area (Å²) in [5.41, 5.74) is 1.39. The van der Waals surface area contributed by atoms with Gasteiger partial charge in [-0.1, -0.05) is 41.9 Å². The van der Waals surface area contributed by atoms with Gasteiger partial charge in [0.2, 0.25) is 5.91 Å². The van der Waals surface area contributed by atoms with Crippen LogP contribution >= 0.6 is 23.4 Å². The molecule has 30 heavy (non-hydrogen) atoms. The van der Waals surface area contributed by atoms with Crippen LogP contribution in [0.5, 0.6) is 0 Å². The summed E-state index contributed by atoms with van der Waals surface area (Å²) >= 11 is 6.78. The molecular weight excluding hydrogens is 424 g/mol. The lowest BCUT2D eigenvalue weighted by Gasteiger charge is -2.12. The summed E-state index contributed by atoms with van der Waals surface area (Å²) in [6.45, 7) is -0.358. The molecule has 0 unspecified atom stereocenters. The molecule has 1 aliphatic heterocycles. The van der Waals surface area contributed by atoms with Gasteiger partial charge in [-0.2, -0.15) is 0 Å². The molecule has 4 rings (SSSR count). The minimum absolute atomic E-state index is 0.194. The van der Waals surface area contributed by atoms with Gasteiger partial charge in [-0.15, -0.1) is 0 Å². The van der Waals surface area contributed by atoms with Crippen molar-refractivity contribution < 1.29 is 18.8 Å². The van der Waals surface area contributed by atoms with E-state index in [1.54, 1.807) is 48.5 Å². The lowest BCUT2D eigenvalue weighted by atomic mass is 10.2. The first-order valence-corrected chi connectivity index (χ1v) is 10.1. The van der Waals surface area contributed by atoms with Crippen LogP contribution in [0.25, 0.3) is 17.4 Å². The normalized spacial score (nSPS) is 15.1. The molecule has 150 valence electrons. The van der Waals surface area contributed by atoms with Gasteiger partial charge in [-0.25, -0.2) is 0 Å². The number of thioether (sulfide) groups is 1. The van der Waals surface area contributed by atoms with Crippen molar-refractivity contribution in [2.75, 3.05) is 11.9 Å². The number of hydrogen-bond donors (Lipinski definition) is 1. The minimum atomic E-state index is -0.533. The third-order valence-corrected chi connectivity index (χ3v) is 5.38. The Balaban J connectivity index is 1.46. The summed E-state index contributed by atoms with van der Waals surface area (Å²) < 4.78 is 5.76. The van der Waals surface area contributed by atoms with E-state index in [1.807, 2.05) is 18.2 Å². The molecule has 3 amide bonds. The number of amides is 3. The van der Waals surface area contributed by atoms with Crippen molar-refractivity contribution in [2.45, 2.75) is 0 Å². The third-order valence-electron chi connectivity index (χ3n) is 4.24. The molecule has 3 aromatic rings. The van der Waals surface area contributed by atoms with Gasteiger partial charge in [-0.05, 0) is 48.2 Å². The highest BCUT2D eigenvalue weighted by atomic mass is 35.5. The molecule has 0 spiro atoms. The molecule has 0 radical (unpaired) electrons. The van der Waals surface area contributed by atoms with Crippen LogP contribution in [0.3, 0.4) is 0 Å². The van der Waals surface area contributed by atoms with Crippen molar-refractivity contribution in [2.24, 2.45) is 0 Å². The first-order valence-electron chi connectivity index (χ1n) is 8.95. The smallest absolute Gasteiger partial charge is 0.294 e. The topological polar surface area (TPSA) is 79.6 Å². The van der Waals surface area contributed by atoms with Crippen molar-refractivity contribution in [1.29, 1.82) is 0 Å². The van der Waals surface area contributed by atoms with Crippen LogP contribution < -0.4 is 5.32 Å². The van der Waals surface area contributed by atoms with Gasteiger partial charge in [0.15, 0.2) is 0 Å². The van der Waals surface area contributed by atoms with Gasteiger partial charge < -0.3 is 9.73 Å². The average molecular weight is 439 g/mol. The van der Waals surface area contributed by atoms with E-state index in [4.69, 9.17) is 16.0 Å². The largest absolute Gasteiger partial charge is 0.457 e. The summed E-state index contributed by atoms with van der Waals surface area (Å²) in [7, 11) is 0. The van der Waals surface area contributed by atoms with Crippen molar-refractivity contribution in [3.63, 3.8) is 0 Å². The van der Waals surface area contributed by atoms with E-state index in [9.17, 15) is 14.4 Å². The molecule has 1 aliphatic rings. The second-order valence-corrected chi connectivity index (χ2v) is 7.82. The van der Waals surface area contributed by atoms with E-state index in [-0.39, 0.29) is 11.4 Å². The van der Waals surface area contributed by atoms with E-state index < -0.39 is 17.1 Å². The molecule has 1 fully saturated rings. The number of rotatable bonds is 5. The highest BCUT2D eigenvalue weighted by Gasteiger charge is 2.36. The fraction of sp³-hybridized carbons (Fsp3) is 0.0455. The quantitative estimate of drug-likeness (QED) is 0.548. The summed E-state index contributed by atoms with van der Waals surface area (Å²) in [6, 6.07) is 19.5. The van der Waals surface area contributed by atoms with Crippen LogP contribution in [-0.4, -0.2) is 28.5 Å². The molecule has 0 saturated carbocycles. The molecule has 1 N–H and O–H groups in total. The van der Waals surface area contributed by atoms with Gasteiger partial charge >= 0.3 is 0 Å². The molecule has 0 aliphatic carbocycles. The molecule has 1 saturated heterocycles. The number of carbonyl (C=O) groups is 3. The van der Waals surface area contributed by atoms with E-state index in [2.05, 4.69) is 5.32 Å². The third kappa shape index (κ3) is 4.48. The molecule has 1 aromatic heterocycles. The lowest BCUT2D eigenvalue weighted by Crippen LogP contribution is -2.36. The van der Waals surface area contributed by atoms with E-state index >= 15 is 0 Å². The molecule has 8 heteroatoms. The fourth-order valence-electron chi connectivity index (χ4n) is 2.86. The molecule has 6 nitrogen and oxygen atoms in total. The van der Waals surface area contributed by atoms with Gasteiger partial charge in [0.25, 0.3) is 11.1 Å². The predicted octanol–water partition coefficient (Wildman–Crippen LogP) is 5.28. The minimum Gasteiger partial charge on any atom is -0.457 e. The van der Waals surface area contributed by atoms with E-state index in [0.29, 0.717) is 22.2 Å². The van der Waals surface area contributed by atoms with Crippen molar-refractivity contribution in [3.05, 3.63) is 82.4 Å². The number of hydrogen-bond acceptors (Lipinski definition) is 5. The number of benzene rings is 2. The number of nitrogens with zero attached hydrogens (tertiary/aromatic N) is 1. The second kappa shape index (κ2) is 8.61. The molecule has 2 heterocycles. The Hall–Kier alpha value is -3.29. The molecular formula is C22H15ClN2O4S. The highest BCUT2D eigenvalue weighted by Crippen LogP contribution is 2.33. The lowest BCUT2D eigenvalue weighted by molar-refractivity contribution is -0.127. The Labute approximate surface area is 181 Å². The average Bonchev–Trinajstić information content (AvgIpc) is 3.29. The van der Waals surface area contributed by atoms with Crippen LogP contribution in [0.15, 0.2) is 76.1 Å². The van der Waals surface area contributed by atoms with Crippen LogP contribution in [0.1, 0.15) is 5.76 Å². The molecule has 0 atom stereocenters. The van der Waals surface area contributed by atoms with Crippen LogP contribution in [0.2, 0.25) is 5.02 Å². The number of furan rings is 1. The van der Waals surface area contributed by atoms with E-state index in [0.717, 1.165) is 22.2 Å². The Morgan fingerprint density at radius 2 is 1.87 bits per heavy atom. The molecule has 0 bridgehead atoms. The summed E-state index contributed by atoms with van der Waals surface area (Å²) in [6.07, 6.45) is 1.49. The Morgan fingerprint density at radius 1 is 1.07 bits per heavy atom. The van der Waals surface area contributed by atoms with Crippen LogP contribution in [0.4, 0.5) is 10.5 Å². The standard InChI is InChI=1S/C22H15ClN2O4S/c23-15-6-4-5-14(11-15)18-10-9-17(29-18)12-19-21(27)25(22(28)30-19)13-20(26)24-16-7-2-1-3-8-16/h1-12H,13H2,(H,24,26)/b19-12-. The number of para-hydroxylation sites is 1. The maximum absolute atomic E-state index is 12.6. The summed E-state index contributed by atoms with van der Waals surface area (Å²) in [5, 5.41) is 2.74. The maximum atomic E-state index is 12.6. The zero-order chi connectivity index (χ0) is 21.1. The Bertz CT molecular complexity index is 1160. The van der Waals surface area contributed by atoms with Crippen molar-refractivity contribution >= 4 is 52.2 Å². The Morgan fingerprint density at radius 3 is 2.63 bits per heavy atom. The number of anilines is 1. The number of imide groups is 1. The van der Waals surface area contributed by atoms with Crippen LogP contribution in [-0.2, 0) is 9.59 Å². The number of nitrogens with one attached hydrogen (secondary N) is 1. The first-order chi connectivity index (χ1) is 14.5. The van der Waals surface area contributed by atoms with Gasteiger partial charge in [-0.3, -0.25) is 19.3 Å². The van der Waals surface area contributed by atoms with Crippen molar-refractivity contribution in [1.82, 2.24) is 4.90 Å². The van der Waals surface area contributed by atoms with Gasteiger partial charge in [0.05, 0.1) is 4.91 Å². The predicted molar refractivity (Wildman–Crippen MR) is 117 cm³/mol. The van der Waals surface area contributed by atoms with Crippen LogP contribution in [0, 0.1) is 0 Å². The first kappa shape index (κ1) is 20.0. The van der Waals surface area contributed by atoms with E-state index in [1.165, 1.54) is 6.08 Å². The fourth-order valence-corrected chi connectivity index (χ4v) is 3.87. The highest BCUT2D eigenvalue weighted by molar-refractivity contribution is 8.18. The molecule has 2 aromatic carbocycles.